The smallest absolute Gasteiger partial charge is 0.231 e. The van der Waals surface area contributed by atoms with Gasteiger partial charge in [0.05, 0.1) is 28.8 Å². The van der Waals surface area contributed by atoms with Crippen molar-refractivity contribution in [1.82, 2.24) is 9.97 Å². The Hall–Kier alpha value is -4.39. The third-order valence-electron chi connectivity index (χ3n) is 4.97. The molecule has 0 saturated heterocycles. The second-order valence-corrected chi connectivity index (χ2v) is 7.82. The lowest BCUT2D eigenvalue weighted by Crippen LogP contribution is -2.02. The first-order chi connectivity index (χ1) is 16.0. The predicted molar refractivity (Wildman–Crippen MR) is 128 cm³/mol. The summed E-state index contributed by atoms with van der Waals surface area (Å²) in [7, 11) is 0. The summed E-state index contributed by atoms with van der Waals surface area (Å²) in [6.45, 7) is 3.78. The Morgan fingerprint density at radius 1 is 0.879 bits per heavy atom. The molecule has 4 aromatic rings. The van der Waals surface area contributed by atoms with Gasteiger partial charge in [-0.05, 0) is 79.1 Å². The van der Waals surface area contributed by atoms with Gasteiger partial charge in [0.1, 0.15) is 5.75 Å². The Morgan fingerprint density at radius 3 is 2.12 bits per heavy atom. The van der Waals surface area contributed by atoms with Gasteiger partial charge in [-0.2, -0.15) is 15.5 Å². The summed E-state index contributed by atoms with van der Waals surface area (Å²) in [4.78, 5) is 9.07. The monoisotopic (exact) mass is 451 g/mol. The Labute approximate surface area is 196 Å². The lowest BCUT2D eigenvalue weighted by atomic mass is 10.1. The third-order valence-corrected chi connectivity index (χ3v) is 5.22. The fourth-order valence-corrected chi connectivity index (χ4v) is 3.49. The molecule has 160 valence electrons. The predicted octanol–water partition coefficient (Wildman–Crippen LogP) is 6.69. The summed E-state index contributed by atoms with van der Waals surface area (Å²) in [5, 5.41) is 22.0. The molecule has 0 saturated carbocycles. The van der Waals surface area contributed by atoms with Crippen molar-refractivity contribution in [2.75, 3.05) is 5.32 Å². The van der Waals surface area contributed by atoms with E-state index in [0.717, 1.165) is 22.4 Å². The van der Waals surface area contributed by atoms with Crippen LogP contribution < -0.4 is 10.1 Å². The minimum Gasteiger partial charge on any atom is -0.438 e. The lowest BCUT2D eigenvalue weighted by Gasteiger charge is -2.15. The first-order valence-corrected chi connectivity index (χ1v) is 10.4. The highest BCUT2D eigenvalue weighted by atomic mass is 35.5. The quantitative estimate of drug-likeness (QED) is 0.363. The molecule has 0 atom stereocenters. The maximum atomic E-state index is 9.24. The van der Waals surface area contributed by atoms with Gasteiger partial charge in [0.2, 0.25) is 11.8 Å². The van der Waals surface area contributed by atoms with Crippen LogP contribution in [0.2, 0.25) is 5.02 Å². The summed E-state index contributed by atoms with van der Waals surface area (Å²) in [5.74, 6) is 1.34. The SMILES string of the molecule is Cc1cc(C#N)cc(C)c1Oc1nc(Nc2ccc(C#N)cc2)ncc1-c1ccc(Cl)cc1. The number of benzene rings is 3. The highest BCUT2D eigenvalue weighted by Gasteiger charge is 2.16. The highest BCUT2D eigenvalue weighted by molar-refractivity contribution is 6.30. The van der Waals surface area contributed by atoms with Crippen molar-refractivity contribution in [2.45, 2.75) is 13.8 Å². The second-order valence-electron chi connectivity index (χ2n) is 7.39. The summed E-state index contributed by atoms with van der Waals surface area (Å²) < 4.78 is 6.29. The van der Waals surface area contributed by atoms with E-state index in [1.54, 1.807) is 54.7 Å². The van der Waals surface area contributed by atoms with Gasteiger partial charge in [-0.15, -0.1) is 0 Å². The Kier molecular flexibility index (Phi) is 6.22. The number of hydrogen-bond donors (Lipinski definition) is 1. The molecule has 0 bridgehead atoms. The van der Waals surface area contributed by atoms with Gasteiger partial charge in [-0.1, -0.05) is 23.7 Å². The molecule has 0 unspecified atom stereocenters. The van der Waals surface area contributed by atoms with Crippen molar-refractivity contribution in [3.8, 4) is 34.9 Å². The van der Waals surface area contributed by atoms with Crippen LogP contribution in [0.5, 0.6) is 11.6 Å². The number of nitriles is 2. The number of ether oxygens (including phenoxy) is 1. The fourth-order valence-electron chi connectivity index (χ4n) is 3.36. The molecule has 4 rings (SSSR count). The first-order valence-electron chi connectivity index (χ1n) is 10.1. The van der Waals surface area contributed by atoms with Crippen LogP contribution in [-0.4, -0.2) is 9.97 Å². The molecule has 6 nitrogen and oxygen atoms in total. The van der Waals surface area contributed by atoms with Gasteiger partial charge in [0.25, 0.3) is 0 Å². The molecule has 33 heavy (non-hydrogen) atoms. The standard InChI is InChI=1S/C26H18ClN5O/c1-16-11-19(14-29)12-17(2)24(16)33-25-23(20-5-7-21(27)8-6-20)15-30-26(32-25)31-22-9-3-18(13-28)4-10-22/h3-12,15H,1-2H3,(H,30,31,32). The molecular weight excluding hydrogens is 434 g/mol. The zero-order chi connectivity index (χ0) is 23.4. The third kappa shape index (κ3) is 4.93. The second kappa shape index (κ2) is 9.40. The number of aryl methyl sites for hydroxylation is 2. The number of nitrogens with zero attached hydrogens (tertiary/aromatic N) is 4. The molecule has 0 amide bonds. The molecule has 0 radical (unpaired) electrons. The van der Waals surface area contributed by atoms with E-state index in [4.69, 9.17) is 21.6 Å². The number of halogens is 1. The van der Waals surface area contributed by atoms with E-state index in [2.05, 4.69) is 27.4 Å². The maximum absolute atomic E-state index is 9.24. The van der Waals surface area contributed by atoms with Gasteiger partial charge in [-0.3, -0.25) is 0 Å². The van der Waals surface area contributed by atoms with Crippen LogP contribution in [0.25, 0.3) is 11.1 Å². The average Bonchev–Trinajstić information content (AvgIpc) is 2.82. The van der Waals surface area contributed by atoms with Crippen LogP contribution in [0.3, 0.4) is 0 Å². The molecule has 0 aliphatic rings. The van der Waals surface area contributed by atoms with Gasteiger partial charge >= 0.3 is 0 Å². The molecule has 3 aromatic carbocycles. The number of nitrogens with one attached hydrogen (secondary N) is 1. The van der Waals surface area contributed by atoms with Crippen LogP contribution in [0.4, 0.5) is 11.6 Å². The van der Waals surface area contributed by atoms with Crippen molar-refractivity contribution >= 4 is 23.2 Å². The highest BCUT2D eigenvalue weighted by Crippen LogP contribution is 2.36. The van der Waals surface area contributed by atoms with Crippen molar-refractivity contribution < 1.29 is 4.74 Å². The number of aromatic nitrogens is 2. The normalized spacial score (nSPS) is 10.2. The Balaban J connectivity index is 1.76. The minimum absolute atomic E-state index is 0.344. The van der Waals surface area contributed by atoms with E-state index in [0.29, 0.717) is 39.3 Å². The summed E-state index contributed by atoms with van der Waals surface area (Å²) >= 11 is 6.06. The van der Waals surface area contributed by atoms with Crippen LogP contribution in [-0.2, 0) is 0 Å². The van der Waals surface area contributed by atoms with Crippen molar-refractivity contribution in [1.29, 1.82) is 10.5 Å². The Bertz CT molecular complexity index is 1380. The molecule has 1 aromatic heterocycles. The van der Waals surface area contributed by atoms with Crippen LogP contribution in [0.1, 0.15) is 22.3 Å². The molecule has 1 heterocycles. The summed E-state index contributed by atoms with van der Waals surface area (Å²) in [6.07, 6.45) is 1.69. The van der Waals surface area contributed by atoms with Gasteiger partial charge in [0, 0.05) is 16.9 Å². The van der Waals surface area contributed by atoms with Gasteiger partial charge < -0.3 is 10.1 Å². The minimum atomic E-state index is 0.344. The average molecular weight is 452 g/mol. The first kappa shape index (κ1) is 21.8. The van der Waals surface area contributed by atoms with Gasteiger partial charge in [-0.25, -0.2) is 4.98 Å². The lowest BCUT2D eigenvalue weighted by molar-refractivity contribution is 0.457. The van der Waals surface area contributed by atoms with Gasteiger partial charge in [0.15, 0.2) is 0 Å². The molecule has 1 N–H and O–H groups in total. The molecule has 0 spiro atoms. The Morgan fingerprint density at radius 2 is 1.52 bits per heavy atom. The van der Waals surface area contributed by atoms with Crippen LogP contribution in [0, 0.1) is 36.5 Å². The van der Waals surface area contributed by atoms with Crippen LogP contribution >= 0.6 is 11.6 Å². The van der Waals surface area contributed by atoms with E-state index in [1.165, 1.54) is 0 Å². The molecular formula is C26H18ClN5O. The van der Waals surface area contributed by atoms with Crippen molar-refractivity contribution in [2.24, 2.45) is 0 Å². The van der Waals surface area contributed by atoms with Crippen LogP contribution in [0.15, 0.2) is 66.9 Å². The summed E-state index contributed by atoms with van der Waals surface area (Å²) in [5.41, 5.74) is 5.08. The van der Waals surface area contributed by atoms with Crippen molar-refractivity contribution in [3.05, 3.63) is 94.1 Å². The number of rotatable bonds is 5. The zero-order valence-electron chi connectivity index (χ0n) is 17.9. The number of anilines is 2. The molecule has 0 aliphatic heterocycles. The topological polar surface area (TPSA) is 94.6 Å². The molecule has 0 fully saturated rings. The van der Waals surface area contributed by atoms with E-state index in [1.807, 2.05) is 26.0 Å². The van der Waals surface area contributed by atoms with E-state index in [-0.39, 0.29) is 0 Å². The van der Waals surface area contributed by atoms with E-state index >= 15 is 0 Å². The van der Waals surface area contributed by atoms with E-state index < -0.39 is 0 Å². The molecule has 0 aliphatic carbocycles. The largest absolute Gasteiger partial charge is 0.438 e. The maximum Gasteiger partial charge on any atom is 0.231 e. The van der Waals surface area contributed by atoms with E-state index in [9.17, 15) is 5.26 Å². The van der Waals surface area contributed by atoms with Crippen molar-refractivity contribution in [3.63, 3.8) is 0 Å². The summed E-state index contributed by atoms with van der Waals surface area (Å²) in [6, 6.07) is 22.1. The number of hydrogen-bond acceptors (Lipinski definition) is 6. The molecule has 7 heteroatoms. The zero-order valence-corrected chi connectivity index (χ0v) is 18.7. The fraction of sp³-hybridized carbons (Fsp3) is 0.0769.